The second-order valence-electron chi connectivity index (χ2n) is 9.97. The van der Waals surface area contributed by atoms with E-state index in [2.05, 4.69) is 50.8 Å². The number of hydrogen-bond acceptors (Lipinski definition) is 5. The van der Waals surface area contributed by atoms with Gasteiger partial charge < -0.3 is 25.2 Å². The lowest BCUT2D eigenvalue weighted by Crippen LogP contribution is -2.32. The second-order valence-corrected chi connectivity index (χ2v) is 10.9. The van der Waals surface area contributed by atoms with Crippen LogP contribution in [0.1, 0.15) is 22.8 Å². The molecule has 0 aliphatic carbocycles. The van der Waals surface area contributed by atoms with Crippen LogP contribution in [-0.2, 0) is 16.0 Å². The summed E-state index contributed by atoms with van der Waals surface area (Å²) in [6.45, 7) is 1.85. The van der Waals surface area contributed by atoms with E-state index in [1.54, 1.807) is 37.3 Å². The smallest absolute Gasteiger partial charge is 0.290 e. The predicted molar refractivity (Wildman–Crippen MR) is 182 cm³/mol. The van der Waals surface area contributed by atoms with Gasteiger partial charge >= 0.3 is 0 Å². The van der Waals surface area contributed by atoms with Crippen molar-refractivity contribution in [2.24, 2.45) is 0 Å². The Balaban J connectivity index is 0.00000154. The fourth-order valence-electron chi connectivity index (χ4n) is 4.48. The molecule has 0 aliphatic rings. The number of halogens is 1. The van der Waals surface area contributed by atoms with Gasteiger partial charge in [0.1, 0.15) is 17.2 Å². The number of ether oxygens (including phenoxy) is 2. The van der Waals surface area contributed by atoms with Gasteiger partial charge in [-0.3, -0.25) is 14.4 Å². The first-order valence-electron chi connectivity index (χ1n) is 14.5. The highest BCUT2D eigenvalue weighted by Gasteiger charge is 2.19. The molecule has 9 heteroatoms. The van der Waals surface area contributed by atoms with Crippen molar-refractivity contribution in [2.45, 2.75) is 19.4 Å². The highest BCUT2D eigenvalue weighted by atomic mass is 79.9. The van der Waals surface area contributed by atoms with Crippen molar-refractivity contribution >= 4 is 39.9 Å². The van der Waals surface area contributed by atoms with E-state index in [0.29, 0.717) is 30.0 Å². The quantitative estimate of drug-likeness (QED) is 0.122. The number of para-hydroxylation sites is 3. The standard InChI is InChI=1S/C36H31BrN2O4.CH2O2/c1-25(42-29-10-4-2-5-11-29)35(40)39-33-21-20-28(37)24-32(33)36(41)38-23-22-26-16-18-27(19-17-26)31-14-8-9-15-34(31)43-30-12-6-3-7-13-30;2-1-3/h2-21,24-25H,22-23H2,1H3,(H,38,41)(H,39,40);1H,(H,2,3). The number of rotatable bonds is 11. The Labute approximate surface area is 276 Å². The minimum Gasteiger partial charge on any atom is -0.483 e. The molecule has 1 unspecified atom stereocenters. The van der Waals surface area contributed by atoms with Crippen LogP contribution in [0.5, 0.6) is 17.2 Å². The normalized spacial score (nSPS) is 10.8. The zero-order valence-electron chi connectivity index (χ0n) is 25.1. The third-order valence-corrected chi connectivity index (χ3v) is 7.22. The van der Waals surface area contributed by atoms with Gasteiger partial charge in [0.05, 0.1) is 11.3 Å². The number of carbonyl (C=O) groups is 3. The molecule has 46 heavy (non-hydrogen) atoms. The van der Waals surface area contributed by atoms with E-state index in [0.717, 1.165) is 32.7 Å². The number of benzene rings is 5. The fraction of sp³-hybridized carbons (Fsp3) is 0.108. The average Bonchev–Trinajstić information content (AvgIpc) is 3.07. The van der Waals surface area contributed by atoms with Crippen LogP contribution in [0.2, 0.25) is 0 Å². The summed E-state index contributed by atoms with van der Waals surface area (Å²) in [6, 6.07) is 40.2. The molecular weight excluding hydrogens is 648 g/mol. The lowest BCUT2D eigenvalue weighted by molar-refractivity contribution is -0.123. The van der Waals surface area contributed by atoms with Crippen LogP contribution in [0.15, 0.2) is 132 Å². The van der Waals surface area contributed by atoms with E-state index in [1.165, 1.54) is 0 Å². The Hall–Kier alpha value is -5.41. The summed E-state index contributed by atoms with van der Waals surface area (Å²) in [4.78, 5) is 34.3. The fourth-order valence-corrected chi connectivity index (χ4v) is 4.84. The van der Waals surface area contributed by atoms with Crippen molar-refractivity contribution in [3.8, 4) is 28.4 Å². The highest BCUT2D eigenvalue weighted by molar-refractivity contribution is 9.10. The summed E-state index contributed by atoms with van der Waals surface area (Å²) in [5.74, 6) is 1.53. The van der Waals surface area contributed by atoms with Gasteiger partial charge in [-0.1, -0.05) is 94.8 Å². The lowest BCUT2D eigenvalue weighted by atomic mass is 10.0. The van der Waals surface area contributed by atoms with E-state index in [1.807, 2.05) is 72.8 Å². The Morgan fingerprint density at radius 3 is 2.11 bits per heavy atom. The van der Waals surface area contributed by atoms with Crippen LogP contribution in [0, 0.1) is 0 Å². The van der Waals surface area contributed by atoms with Crippen LogP contribution in [0.4, 0.5) is 5.69 Å². The molecule has 0 aromatic heterocycles. The van der Waals surface area contributed by atoms with Crippen LogP contribution in [0.25, 0.3) is 11.1 Å². The van der Waals surface area contributed by atoms with Gasteiger partial charge in [-0.2, -0.15) is 0 Å². The van der Waals surface area contributed by atoms with Gasteiger partial charge in [0.25, 0.3) is 18.3 Å². The third kappa shape index (κ3) is 9.80. The Bertz CT molecular complexity index is 1730. The number of hydrogen-bond donors (Lipinski definition) is 3. The van der Waals surface area contributed by atoms with Crippen LogP contribution < -0.4 is 20.1 Å². The molecule has 1 atom stereocenters. The molecular formula is C37H33BrN2O6. The highest BCUT2D eigenvalue weighted by Crippen LogP contribution is 2.33. The summed E-state index contributed by atoms with van der Waals surface area (Å²) in [6.07, 6.45) is -0.104. The zero-order chi connectivity index (χ0) is 32.7. The Morgan fingerprint density at radius 2 is 1.43 bits per heavy atom. The maximum atomic E-state index is 13.1. The molecule has 0 bridgehead atoms. The Morgan fingerprint density at radius 1 is 0.826 bits per heavy atom. The molecule has 2 amide bonds. The van der Waals surface area contributed by atoms with Crippen molar-refractivity contribution in [1.29, 1.82) is 0 Å². The summed E-state index contributed by atoms with van der Waals surface area (Å²) >= 11 is 3.43. The van der Waals surface area contributed by atoms with Gasteiger partial charge in [-0.05, 0) is 73.0 Å². The van der Waals surface area contributed by atoms with Crippen molar-refractivity contribution in [2.75, 3.05) is 11.9 Å². The molecule has 8 nitrogen and oxygen atoms in total. The molecule has 234 valence electrons. The molecule has 5 aromatic rings. The molecule has 0 saturated carbocycles. The Kier molecular flexibility index (Phi) is 12.5. The van der Waals surface area contributed by atoms with Crippen molar-refractivity contribution in [3.63, 3.8) is 0 Å². The summed E-state index contributed by atoms with van der Waals surface area (Å²) in [5.41, 5.74) is 3.90. The van der Waals surface area contributed by atoms with Gasteiger partial charge in [-0.25, -0.2) is 0 Å². The van der Waals surface area contributed by atoms with Crippen LogP contribution in [-0.4, -0.2) is 36.0 Å². The number of amides is 2. The summed E-state index contributed by atoms with van der Waals surface area (Å²) < 4.78 is 12.6. The first-order valence-corrected chi connectivity index (χ1v) is 15.3. The van der Waals surface area contributed by atoms with Gasteiger partial charge in [0, 0.05) is 16.6 Å². The second kappa shape index (κ2) is 17.2. The summed E-state index contributed by atoms with van der Waals surface area (Å²) in [7, 11) is 0. The topological polar surface area (TPSA) is 114 Å². The molecule has 0 heterocycles. The molecule has 3 N–H and O–H groups in total. The van der Waals surface area contributed by atoms with Crippen LogP contribution >= 0.6 is 15.9 Å². The SMILES string of the molecule is CC(Oc1ccccc1)C(=O)Nc1ccc(Br)cc1C(=O)NCCc1ccc(-c2ccccc2Oc2ccccc2)cc1.O=CO. The minimum absolute atomic E-state index is 0.250. The number of carboxylic acid groups (broad SMARTS) is 1. The largest absolute Gasteiger partial charge is 0.483 e. The molecule has 0 spiro atoms. The van der Waals surface area contributed by atoms with Gasteiger partial charge in [-0.15, -0.1) is 0 Å². The molecule has 5 rings (SSSR count). The first-order chi connectivity index (χ1) is 22.4. The average molecular weight is 682 g/mol. The molecule has 0 fully saturated rings. The van der Waals surface area contributed by atoms with E-state index < -0.39 is 6.10 Å². The maximum absolute atomic E-state index is 13.1. The maximum Gasteiger partial charge on any atom is 0.290 e. The van der Waals surface area contributed by atoms with E-state index in [4.69, 9.17) is 19.4 Å². The monoisotopic (exact) mass is 680 g/mol. The zero-order valence-corrected chi connectivity index (χ0v) is 26.6. The van der Waals surface area contributed by atoms with E-state index >= 15 is 0 Å². The molecule has 0 aliphatic heterocycles. The number of carbonyl (C=O) groups excluding carboxylic acids is 2. The molecule has 0 radical (unpaired) electrons. The minimum atomic E-state index is -0.748. The number of anilines is 1. The van der Waals surface area contributed by atoms with Crippen LogP contribution in [0.3, 0.4) is 0 Å². The predicted octanol–water partition coefficient (Wildman–Crippen LogP) is 7.99. The van der Waals surface area contributed by atoms with Crippen molar-refractivity contribution < 1.29 is 29.0 Å². The van der Waals surface area contributed by atoms with Crippen molar-refractivity contribution in [3.05, 3.63) is 143 Å². The van der Waals surface area contributed by atoms with Gasteiger partial charge in [0.2, 0.25) is 0 Å². The molecule has 5 aromatic carbocycles. The van der Waals surface area contributed by atoms with Crippen molar-refractivity contribution in [1.82, 2.24) is 5.32 Å². The van der Waals surface area contributed by atoms with Gasteiger partial charge in [0.15, 0.2) is 6.10 Å². The van der Waals surface area contributed by atoms with E-state index in [-0.39, 0.29) is 18.3 Å². The first kappa shape index (κ1) is 33.5. The lowest BCUT2D eigenvalue weighted by Gasteiger charge is -2.17. The van der Waals surface area contributed by atoms with E-state index in [9.17, 15) is 9.59 Å². The third-order valence-electron chi connectivity index (χ3n) is 6.73. The summed E-state index contributed by atoms with van der Waals surface area (Å²) in [5, 5.41) is 12.7. The number of nitrogens with one attached hydrogen (secondary N) is 2. The molecule has 0 saturated heterocycles.